The molecule has 2 amide bonds. The molecule has 4 aromatic rings. The summed E-state index contributed by atoms with van der Waals surface area (Å²) in [4.78, 5) is 27.3. The van der Waals surface area contributed by atoms with Gasteiger partial charge in [0.25, 0.3) is 5.91 Å². The van der Waals surface area contributed by atoms with Gasteiger partial charge in [-0.1, -0.05) is 48.0 Å². The Kier molecular flexibility index (Phi) is 7.56. The molecule has 0 saturated carbocycles. The first-order valence-corrected chi connectivity index (χ1v) is 13.8. The average Bonchev–Trinajstić information content (AvgIpc) is 3.42. The molecule has 0 fully saturated rings. The first-order valence-electron chi connectivity index (χ1n) is 13.0. The highest BCUT2D eigenvalue weighted by molar-refractivity contribution is 7.15. The Bertz CT molecular complexity index is 1500. The molecule has 38 heavy (non-hydrogen) atoms. The number of hydrogen-bond acceptors (Lipinski definition) is 4. The highest BCUT2D eigenvalue weighted by atomic mass is 32.1. The number of nitrogens with zero attached hydrogens (tertiary/aromatic N) is 2. The molecule has 194 valence electrons. The predicted molar refractivity (Wildman–Crippen MR) is 155 cm³/mol. The van der Waals surface area contributed by atoms with Crippen LogP contribution in [0.4, 0.5) is 5.69 Å². The Labute approximate surface area is 227 Å². The number of thiophene rings is 1. The van der Waals surface area contributed by atoms with Gasteiger partial charge < -0.3 is 9.88 Å². The highest BCUT2D eigenvalue weighted by Gasteiger charge is 2.28. The number of anilines is 1. The van der Waals surface area contributed by atoms with Crippen molar-refractivity contribution in [1.82, 2.24) is 9.99 Å². The lowest BCUT2D eigenvalue weighted by atomic mass is 9.95. The molecule has 0 spiro atoms. The fourth-order valence-electron chi connectivity index (χ4n) is 5.00. The van der Waals surface area contributed by atoms with Crippen LogP contribution in [0.25, 0.3) is 5.00 Å². The predicted octanol–water partition coefficient (Wildman–Crippen LogP) is 6.29. The quantitative estimate of drug-likeness (QED) is 0.220. The number of carbonyl (C=O) groups is 2. The largest absolute Gasteiger partial charge is 0.322 e. The number of benzene rings is 2. The molecule has 5 rings (SSSR count). The number of fused-ring (bicyclic) bond motifs is 1. The molecule has 0 atom stereocenters. The molecule has 0 bridgehead atoms. The number of carbonyl (C=O) groups excluding carboxylic acids is 2. The summed E-state index contributed by atoms with van der Waals surface area (Å²) in [5.74, 6) is -0.235. The molecule has 0 saturated heterocycles. The van der Waals surface area contributed by atoms with Gasteiger partial charge in [0, 0.05) is 27.5 Å². The number of rotatable bonds is 7. The fraction of sp³-hybridized carbons (Fsp3) is 0.258. The van der Waals surface area contributed by atoms with Crippen LogP contribution in [0.3, 0.4) is 0 Å². The smallest absolute Gasteiger partial charge is 0.258 e. The van der Waals surface area contributed by atoms with Crippen molar-refractivity contribution < 1.29 is 9.59 Å². The third-order valence-electron chi connectivity index (χ3n) is 6.96. The Morgan fingerprint density at radius 2 is 1.74 bits per heavy atom. The van der Waals surface area contributed by atoms with Crippen molar-refractivity contribution in [3.05, 3.63) is 105 Å². The number of aryl methyl sites for hydroxylation is 3. The summed E-state index contributed by atoms with van der Waals surface area (Å²) in [5.41, 5.74) is 10.4. The second-order valence-electron chi connectivity index (χ2n) is 9.83. The van der Waals surface area contributed by atoms with Crippen LogP contribution in [0.5, 0.6) is 0 Å². The standard InChI is InChI=1S/C31H32N4O2S/c1-20-13-15-25(16-14-20)33-30(37)29-26-11-7-8-12-27(26)38-31(29)35-21(2)17-24(22(35)3)19-32-34-28(36)18-23-9-5-4-6-10-23/h4-6,9-10,13-17,19H,7-8,11-12,18H2,1-3H3,(H,33,37)(H,34,36)/b32-19-. The molecule has 2 N–H and O–H groups in total. The number of hydrogen-bond donors (Lipinski definition) is 2. The van der Waals surface area contributed by atoms with Gasteiger partial charge in [0.05, 0.1) is 18.2 Å². The second-order valence-corrected chi connectivity index (χ2v) is 10.9. The van der Waals surface area contributed by atoms with Gasteiger partial charge in [-0.15, -0.1) is 11.3 Å². The van der Waals surface area contributed by atoms with Crippen LogP contribution in [-0.2, 0) is 24.1 Å². The molecule has 0 radical (unpaired) electrons. The van der Waals surface area contributed by atoms with Crippen LogP contribution in [0.15, 0.2) is 65.8 Å². The normalized spacial score (nSPS) is 12.9. The summed E-state index contributed by atoms with van der Waals surface area (Å²) < 4.78 is 2.15. The van der Waals surface area contributed by atoms with E-state index in [1.54, 1.807) is 17.6 Å². The minimum Gasteiger partial charge on any atom is -0.322 e. The fourth-order valence-corrected chi connectivity index (χ4v) is 6.50. The topological polar surface area (TPSA) is 75.5 Å². The van der Waals surface area contributed by atoms with E-state index in [2.05, 4.69) is 20.4 Å². The Morgan fingerprint density at radius 3 is 2.50 bits per heavy atom. The van der Waals surface area contributed by atoms with Crippen molar-refractivity contribution in [3.8, 4) is 5.00 Å². The van der Waals surface area contributed by atoms with Crippen LogP contribution in [-0.4, -0.2) is 22.6 Å². The average molecular weight is 525 g/mol. The molecule has 1 aliphatic rings. The molecule has 0 unspecified atom stereocenters. The Balaban J connectivity index is 1.42. The summed E-state index contributed by atoms with van der Waals surface area (Å²) in [6.45, 7) is 6.10. The monoisotopic (exact) mass is 524 g/mol. The number of amides is 2. The van der Waals surface area contributed by atoms with Gasteiger partial charge in [-0.25, -0.2) is 5.43 Å². The van der Waals surface area contributed by atoms with E-state index in [0.29, 0.717) is 0 Å². The van der Waals surface area contributed by atoms with Gasteiger partial charge in [-0.2, -0.15) is 5.10 Å². The van der Waals surface area contributed by atoms with Gasteiger partial charge in [0.1, 0.15) is 5.00 Å². The van der Waals surface area contributed by atoms with Crippen molar-refractivity contribution in [3.63, 3.8) is 0 Å². The van der Waals surface area contributed by atoms with Crippen LogP contribution < -0.4 is 10.7 Å². The van der Waals surface area contributed by atoms with Gasteiger partial charge in [-0.05, 0) is 75.8 Å². The summed E-state index contributed by atoms with van der Waals surface area (Å²) in [7, 11) is 0. The van der Waals surface area contributed by atoms with E-state index >= 15 is 0 Å². The van der Waals surface area contributed by atoms with Gasteiger partial charge in [0.2, 0.25) is 5.91 Å². The molecule has 1 aliphatic carbocycles. The van der Waals surface area contributed by atoms with Gasteiger partial charge in [0.15, 0.2) is 0 Å². The zero-order valence-corrected chi connectivity index (χ0v) is 22.8. The van der Waals surface area contributed by atoms with Crippen LogP contribution >= 0.6 is 11.3 Å². The van der Waals surface area contributed by atoms with Crippen molar-refractivity contribution >= 4 is 35.1 Å². The number of hydrazone groups is 1. The maximum Gasteiger partial charge on any atom is 0.258 e. The maximum atomic E-state index is 13.7. The lowest BCUT2D eigenvalue weighted by molar-refractivity contribution is -0.120. The molecule has 0 aliphatic heterocycles. The third-order valence-corrected chi connectivity index (χ3v) is 8.24. The van der Waals surface area contributed by atoms with Gasteiger partial charge in [-0.3, -0.25) is 9.59 Å². The van der Waals surface area contributed by atoms with Crippen molar-refractivity contribution in [2.75, 3.05) is 5.32 Å². The van der Waals surface area contributed by atoms with E-state index < -0.39 is 0 Å². The van der Waals surface area contributed by atoms with E-state index in [9.17, 15) is 9.59 Å². The summed E-state index contributed by atoms with van der Waals surface area (Å²) in [6, 6.07) is 19.5. The van der Waals surface area contributed by atoms with Crippen LogP contribution in [0, 0.1) is 20.8 Å². The van der Waals surface area contributed by atoms with Crippen LogP contribution in [0.2, 0.25) is 0 Å². The summed E-state index contributed by atoms with van der Waals surface area (Å²) in [5, 5.41) is 8.29. The van der Waals surface area contributed by atoms with Crippen molar-refractivity contribution in [2.24, 2.45) is 5.10 Å². The van der Waals surface area contributed by atoms with Crippen molar-refractivity contribution in [1.29, 1.82) is 0 Å². The lowest BCUT2D eigenvalue weighted by Crippen LogP contribution is -2.19. The minimum atomic E-state index is -0.165. The molecular formula is C31H32N4O2S. The Morgan fingerprint density at radius 1 is 1.00 bits per heavy atom. The summed E-state index contributed by atoms with van der Waals surface area (Å²) >= 11 is 1.72. The van der Waals surface area contributed by atoms with Crippen LogP contribution in [0.1, 0.15) is 61.7 Å². The molecular weight excluding hydrogens is 492 g/mol. The zero-order chi connectivity index (χ0) is 26.6. The van der Waals surface area contributed by atoms with Gasteiger partial charge >= 0.3 is 0 Å². The SMILES string of the molecule is Cc1ccc(NC(=O)c2c(-n3c(C)cc(/C=N\NC(=O)Cc4ccccc4)c3C)sc3c2CCCC3)cc1. The van der Waals surface area contributed by atoms with E-state index in [0.717, 1.165) is 70.0 Å². The molecule has 2 aromatic heterocycles. The molecule has 6 nitrogen and oxygen atoms in total. The van der Waals surface area contributed by atoms with E-state index in [1.807, 2.05) is 81.4 Å². The third kappa shape index (κ3) is 5.48. The van der Waals surface area contributed by atoms with E-state index in [4.69, 9.17) is 0 Å². The van der Waals surface area contributed by atoms with E-state index in [-0.39, 0.29) is 18.2 Å². The first-order chi connectivity index (χ1) is 18.4. The molecule has 2 heterocycles. The minimum absolute atomic E-state index is 0.0702. The maximum absolute atomic E-state index is 13.7. The zero-order valence-electron chi connectivity index (χ0n) is 22.0. The molecule has 2 aromatic carbocycles. The lowest BCUT2D eigenvalue weighted by Gasteiger charge is -2.14. The Hall–Kier alpha value is -3.97. The second kappa shape index (κ2) is 11.2. The first kappa shape index (κ1) is 25.7. The summed E-state index contributed by atoms with van der Waals surface area (Å²) in [6.07, 6.45) is 6.13. The molecule has 7 heteroatoms. The van der Waals surface area contributed by atoms with E-state index in [1.165, 1.54) is 10.4 Å². The number of nitrogens with one attached hydrogen (secondary N) is 2. The highest BCUT2D eigenvalue weighted by Crippen LogP contribution is 2.39. The van der Waals surface area contributed by atoms with Crippen molar-refractivity contribution in [2.45, 2.75) is 52.9 Å². The number of aromatic nitrogens is 1.